The first-order valence-corrected chi connectivity index (χ1v) is 8.90. The number of esters is 1. The summed E-state index contributed by atoms with van der Waals surface area (Å²) in [5.74, 6) is -2.63. The van der Waals surface area contributed by atoms with Gasteiger partial charge < -0.3 is 15.4 Å². The maximum atomic E-state index is 14.3. The van der Waals surface area contributed by atoms with Gasteiger partial charge in [0.05, 0.1) is 29.4 Å². The third kappa shape index (κ3) is 5.58. The van der Waals surface area contributed by atoms with E-state index in [2.05, 4.69) is 31.3 Å². The fraction of sp³-hybridized carbons (Fsp3) is 0.250. The lowest BCUT2D eigenvalue weighted by Crippen LogP contribution is -2.38. The number of benzene rings is 1. The van der Waals surface area contributed by atoms with Crippen molar-refractivity contribution in [2.24, 2.45) is 0 Å². The summed E-state index contributed by atoms with van der Waals surface area (Å²) < 4.78 is 17.1. The Morgan fingerprint density at radius 3 is 2.46 bits per heavy atom. The van der Waals surface area contributed by atoms with Crippen LogP contribution in [0.4, 0.5) is 14.9 Å². The number of hydrogen-bond donors (Lipinski definition) is 2. The molecule has 0 aliphatic carbocycles. The van der Waals surface area contributed by atoms with Crippen LogP contribution in [0.3, 0.4) is 0 Å². The van der Waals surface area contributed by atoms with Crippen molar-refractivity contribution >= 4 is 96.8 Å². The summed E-state index contributed by atoms with van der Waals surface area (Å²) in [6.07, 6.45) is 0. The first-order valence-electron chi connectivity index (χ1n) is 5.89. The molecule has 0 saturated carbocycles. The number of anilines is 1. The average molecular weight is 576 g/mol. The van der Waals surface area contributed by atoms with Crippen molar-refractivity contribution in [1.29, 1.82) is 0 Å². The van der Waals surface area contributed by atoms with Gasteiger partial charge in [0.25, 0.3) is 3.79 Å². The van der Waals surface area contributed by atoms with Crippen molar-refractivity contribution in [2.45, 2.75) is 3.79 Å². The standard InChI is InChI=1S/C12H8BrCl3FIN2O4/c1-24-10(22)4-2-5(18)7(13)8(17)9(4)20-11(23)19-3-6(21)12(14,15)16/h2H,3H2,1H3,(H2,19,20,23). The number of carbonyl (C=O) groups excluding carboxylic acids is 3. The molecule has 24 heavy (non-hydrogen) atoms. The first-order chi connectivity index (χ1) is 11.0. The van der Waals surface area contributed by atoms with Crippen molar-refractivity contribution in [3.8, 4) is 0 Å². The third-order valence-corrected chi connectivity index (χ3v) is 5.53. The molecule has 1 aromatic carbocycles. The van der Waals surface area contributed by atoms with Gasteiger partial charge in [0.2, 0.25) is 5.78 Å². The van der Waals surface area contributed by atoms with E-state index in [-0.39, 0.29) is 10.0 Å². The Morgan fingerprint density at radius 1 is 1.38 bits per heavy atom. The monoisotopic (exact) mass is 574 g/mol. The molecule has 6 nitrogen and oxygen atoms in total. The number of ketones is 1. The van der Waals surface area contributed by atoms with E-state index in [9.17, 15) is 18.8 Å². The SMILES string of the molecule is COC(=O)c1cc(I)c(Br)c(F)c1NC(=O)NCC(=O)C(Cl)(Cl)Cl. The van der Waals surface area contributed by atoms with E-state index in [4.69, 9.17) is 34.8 Å². The van der Waals surface area contributed by atoms with Crippen LogP contribution in [0.5, 0.6) is 0 Å². The Balaban J connectivity index is 3.02. The van der Waals surface area contributed by atoms with Gasteiger partial charge in [-0.2, -0.15) is 0 Å². The molecule has 132 valence electrons. The molecular formula is C12H8BrCl3FIN2O4. The number of ether oxygens (including phenoxy) is 1. The molecule has 0 aliphatic heterocycles. The highest BCUT2D eigenvalue weighted by Gasteiger charge is 2.30. The van der Waals surface area contributed by atoms with Gasteiger partial charge in [0.15, 0.2) is 5.82 Å². The molecule has 1 rings (SSSR count). The summed E-state index contributed by atoms with van der Waals surface area (Å²) in [5.41, 5.74) is -0.626. The third-order valence-electron chi connectivity index (χ3n) is 2.53. The number of alkyl halides is 3. The van der Waals surface area contributed by atoms with Crippen molar-refractivity contribution in [3.05, 3.63) is 25.5 Å². The Labute approximate surface area is 173 Å². The number of carbonyl (C=O) groups is 3. The lowest BCUT2D eigenvalue weighted by molar-refractivity contribution is -0.117. The van der Waals surface area contributed by atoms with E-state index in [0.29, 0.717) is 3.57 Å². The molecule has 2 amide bonds. The summed E-state index contributed by atoms with van der Waals surface area (Å²) in [4.78, 5) is 35.0. The topological polar surface area (TPSA) is 84.5 Å². The molecule has 0 spiro atoms. The average Bonchev–Trinajstić information content (AvgIpc) is 2.51. The predicted molar refractivity (Wildman–Crippen MR) is 100 cm³/mol. The van der Waals surface area contributed by atoms with E-state index in [0.717, 1.165) is 7.11 Å². The molecular weight excluding hydrogens is 568 g/mol. The van der Waals surface area contributed by atoms with E-state index in [1.54, 1.807) is 22.6 Å². The van der Waals surface area contributed by atoms with Gasteiger partial charge in [0.1, 0.15) is 0 Å². The van der Waals surface area contributed by atoms with Crippen LogP contribution in [-0.4, -0.2) is 35.2 Å². The lowest BCUT2D eigenvalue weighted by Gasteiger charge is -2.14. The Bertz CT molecular complexity index is 700. The zero-order valence-electron chi connectivity index (χ0n) is 11.7. The summed E-state index contributed by atoms with van der Waals surface area (Å²) >= 11 is 20.9. The molecule has 0 aromatic heterocycles. The van der Waals surface area contributed by atoms with Gasteiger partial charge in [-0.3, -0.25) is 4.79 Å². The quantitative estimate of drug-likeness (QED) is 0.246. The van der Waals surface area contributed by atoms with Crippen molar-refractivity contribution in [3.63, 3.8) is 0 Å². The number of rotatable bonds is 4. The van der Waals surface area contributed by atoms with Crippen molar-refractivity contribution < 1.29 is 23.5 Å². The van der Waals surface area contributed by atoms with Crippen molar-refractivity contribution in [1.82, 2.24) is 5.32 Å². The number of nitrogens with one attached hydrogen (secondary N) is 2. The molecule has 0 heterocycles. The Morgan fingerprint density at radius 2 is 1.96 bits per heavy atom. The summed E-state index contributed by atoms with van der Waals surface area (Å²) in [7, 11) is 1.11. The fourth-order valence-electron chi connectivity index (χ4n) is 1.41. The van der Waals surface area contributed by atoms with E-state index >= 15 is 0 Å². The number of hydrogen-bond acceptors (Lipinski definition) is 4. The minimum Gasteiger partial charge on any atom is -0.465 e. The van der Waals surface area contributed by atoms with Crippen LogP contribution in [-0.2, 0) is 9.53 Å². The summed E-state index contributed by atoms with van der Waals surface area (Å²) in [5, 5.41) is 4.22. The van der Waals surface area contributed by atoms with Gasteiger partial charge in [-0.25, -0.2) is 14.0 Å². The number of urea groups is 1. The van der Waals surface area contributed by atoms with Crippen LogP contribution in [0.2, 0.25) is 0 Å². The van der Waals surface area contributed by atoms with Gasteiger partial charge in [0, 0.05) is 3.57 Å². The number of amides is 2. The molecule has 2 N–H and O–H groups in total. The normalized spacial score (nSPS) is 11.0. The van der Waals surface area contributed by atoms with Crippen molar-refractivity contribution in [2.75, 3.05) is 19.0 Å². The second-order valence-corrected chi connectivity index (χ2v) is 8.37. The van der Waals surface area contributed by atoms with Crippen LogP contribution < -0.4 is 10.6 Å². The Kier molecular flexibility index (Phi) is 7.98. The molecule has 12 heteroatoms. The highest BCUT2D eigenvalue weighted by molar-refractivity contribution is 14.1. The molecule has 0 saturated heterocycles. The van der Waals surface area contributed by atoms with E-state index in [1.165, 1.54) is 6.07 Å². The molecule has 0 bridgehead atoms. The smallest absolute Gasteiger partial charge is 0.340 e. The first kappa shape index (κ1) is 21.7. The van der Waals surface area contributed by atoms with E-state index < -0.39 is 39.6 Å². The van der Waals surface area contributed by atoms with Gasteiger partial charge in [-0.05, 0) is 44.6 Å². The van der Waals surface area contributed by atoms with Crippen LogP contribution in [0.25, 0.3) is 0 Å². The summed E-state index contributed by atoms with van der Waals surface area (Å²) in [6, 6.07) is 0.344. The second-order valence-electron chi connectivity index (χ2n) is 4.13. The molecule has 0 aliphatic rings. The largest absolute Gasteiger partial charge is 0.465 e. The van der Waals surface area contributed by atoms with Gasteiger partial charge in [-0.15, -0.1) is 0 Å². The summed E-state index contributed by atoms with van der Waals surface area (Å²) in [6.45, 7) is -0.608. The maximum absolute atomic E-state index is 14.3. The molecule has 0 radical (unpaired) electrons. The number of halogens is 6. The minimum atomic E-state index is -2.19. The molecule has 1 aromatic rings. The second kappa shape index (κ2) is 8.84. The predicted octanol–water partition coefficient (Wildman–Crippen LogP) is 4.04. The Hall–Kier alpha value is -0.360. The molecule has 0 fully saturated rings. The van der Waals surface area contributed by atoms with Crippen LogP contribution in [0.1, 0.15) is 10.4 Å². The zero-order chi connectivity index (χ0) is 18.7. The minimum absolute atomic E-state index is 0.0448. The number of Topliss-reactive ketones (excluding diaryl/α,β-unsaturated/α-hetero) is 1. The number of methoxy groups -OCH3 is 1. The lowest BCUT2D eigenvalue weighted by atomic mass is 10.1. The van der Waals surface area contributed by atoms with Crippen LogP contribution in [0, 0.1) is 9.39 Å². The molecule has 0 unspecified atom stereocenters. The van der Waals surface area contributed by atoms with Crippen LogP contribution >= 0.6 is 73.3 Å². The maximum Gasteiger partial charge on any atom is 0.340 e. The van der Waals surface area contributed by atoms with Gasteiger partial charge >= 0.3 is 12.0 Å². The zero-order valence-corrected chi connectivity index (χ0v) is 17.7. The fourth-order valence-corrected chi connectivity index (χ4v) is 2.47. The highest BCUT2D eigenvalue weighted by atomic mass is 127. The van der Waals surface area contributed by atoms with Crippen LogP contribution in [0.15, 0.2) is 10.5 Å². The molecule has 0 atom stereocenters. The highest BCUT2D eigenvalue weighted by Crippen LogP contribution is 2.32. The van der Waals surface area contributed by atoms with E-state index in [1.807, 2.05) is 0 Å². The van der Waals surface area contributed by atoms with Gasteiger partial charge in [-0.1, -0.05) is 34.8 Å².